The van der Waals surface area contributed by atoms with Crippen LogP contribution in [0.25, 0.3) is 0 Å². The van der Waals surface area contributed by atoms with Crippen molar-refractivity contribution in [3.05, 3.63) is 89.0 Å². The summed E-state index contributed by atoms with van der Waals surface area (Å²) < 4.78 is 33.4. The normalized spacial score (nSPS) is 13.7. The van der Waals surface area contributed by atoms with Gasteiger partial charge in [-0.15, -0.1) is 0 Å². The average molecular weight is 437 g/mol. The maximum absolute atomic E-state index is 12.7. The lowest BCUT2D eigenvalue weighted by Gasteiger charge is -2.30. The van der Waals surface area contributed by atoms with E-state index in [1.54, 1.807) is 12.1 Å². The van der Waals surface area contributed by atoms with Crippen molar-refractivity contribution in [3.8, 4) is 5.75 Å². The Morgan fingerprint density at radius 1 is 1.00 bits per heavy atom. The minimum atomic E-state index is -3.63. The van der Waals surface area contributed by atoms with E-state index < -0.39 is 10.0 Å². The lowest BCUT2D eigenvalue weighted by molar-refractivity contribution is 0.402. The van der Waals surface area contributed by atoms with Crippen LogP contribution in [-0.2, 0) is 29.4 Å². The van der Waals surface area contributed by atoms with Gasteiger partial charge in [0.1, 0.15) is 10.6 Å². The Kier molecular flexibility index (Phi) is 6.30. The number of fused-ring (bicyclic) bond motifs is 1. The number of hydrogen-bond donors (Lipinski definition) is 1. The Hall–Kier alpha value is -2.83. The van der Waals surface area contributed by atoms with E-state index in [1.165, 1.54) is 23.9 Å². The van der Waals surface area contributed by atoms with Crippen LogP contribution in [0.1, 0.15) is 22.3 Å². The van der Waals surface area contributed by atoms with E-state index in [1.807, 2.05) is 13.0 Å². The summed E-state index contributed by atoms with van der Waals surface area (Å²) in [5, 5.41) is 0. The van der Waals surface area contributed by atoms with Gasteiger partial charge in [-0.3, -0.25) is 0 Å². The van der Waals surface area contributed by atoms with Crippen LogP contribution in [0.5, 0.6) is 5.75 Å². The largest absolute Gasteiger partial charge is 0.495 e. The van der Waals surface area contributed by atoms with Crippen LogP contribution in [-0.4, -0.2) is 28.6 Å². The molecule has 5 nitrogen and oxygen atoms in total. The zero-order chi connectivity index (χ0) is 21.8. The summed E-state index contributed by atoms with van der Waals surface area (Å²) in [6, 6.07) is 22.2. The summed E-state index contributed by atoms with van der Waals surface area (Å²) in [6.45, 7) is 4.12. The maximum atomic E-state index is 12.7. The lowest BCUT2D eigenvalue weighted by Crippen LogP contribution is -2.30. The average Bonchev–Trinajstić information content (AvgIpc) is 2.79. The molecule has 4 rings (SSSR count). The standard InChI is InChI=1S/C25H28N2O3S/c1-19-7-12-24(30-2)25(17-19)31(28,29)26-15-13-20-8-10-23(11-9-20)27-16-14-21-5-3-4-6-22(21)18-27/h3-12,17,26H,13-16,18H2,1-2H3. The first kappa shape index (κ1) is 21.4. The number of rotatable bonds is 7. The van der Waals surface area contributed by atoms with Crippen molar-refractivity contribution in [2.45, 2.75) is 31.2 Å². The summed E-state index contributed by atoms with van der Waals surface area (Å²) in [5.41, 5.74) is 5.99. The van der Waals surface area contributed by atoms with Crippen molar-refractivity contribution in [2.24, 2.45) is 0 Å². The highest BCUT2D eigenvalue weighted by Gasteiger charge is 2.19. The summed E-state index contributed by atoms with van der Waals surface area (Å²) in [6.07, 6.45) is 1.68. The van der Waals surface area contributed by atoms with Gasteiger partial charge in [-0.25, -0.2) is 13.1 Å². The number of aryl methyl sites for hydroxylation is 1. The molecule has 3 aromatic carbocycles. The molecule has 0 amide bonds. The Morgan fingerprint density at radius 2 is 1.74 bits per heavy atom. The van der Waals surface area contributed by atoms with Gasteiger partial charge in [0.05, 0.1) is 7.11 Å². The molecule has 0 radical (unpaired) electrons. The molecule has 0 bridgehead atoms. The van der Waals surface area contributed by atoms with Gasteiger partial charge < -0.3 is 9.64 Å². The molecule has 1 aliphatic rings. The molecular formula is C25H28N2O3S. The second-order valence-corrected chi connectivity index (χ2v) is 9.64. The number of nitrogens with zero attached hydrogens (tertiary/aromatic N) is 1. The number of anilines is 1. The van der Waals surface area contributed by atoms with Crippen molar-refractivity contribution in [2.75, 3.05) is 25.1 Å². The van der Waals surface area contributed by atoms with Gasteiger partial charge in [0.2, 0.25) is 10.0 Å². The molecule has 1 N–H and O–H groups in total. The van der Waals surface area contributed by atoms with Crippen molar-refractivity contribution in [1.29, 1.82) is 0 Å². The Balaban J connectivity index is 1.37. The minimum absolute atomic E-state index is 0.177. The molecule has 1 heterocycles. The van der Waals surface area contributed by atoms with Crippen LogP contribution in [0.2, 0.25) is 0 Å². The van der Waals surface area contributed by atoms with Crippen molar-refractivity contribution < 1.29 is 13.2 Å². The molecule has 0 aromatic heterocycles. The summed E-state index contributed by atoms with van der Waals surface area (Å²) in [5.74, 6) is 0.352. The molecule has 162 valence electrons. The van der Waals surface area contributed by atoms with Gasteiger partial charge in [0.15, 0.2) is 0 Å². The lowest BCUT2D eigenvalue weighted by atomic mass is 9.99. The number of methoxy groups -OCH3 is 1. The molecule has 0 spiro atoms. The van der Waals surface area contributed by atoms with Crippen LogP contribution >= 0.6 is 0 Å². The monoisotopic (exact) mass is 436 g/mol. The van der Waals surface area contributed by atoms with Gasteiger partial charge in [-0.05, 0) is 66.3 Å². The molecule has 6 heteroatoms. The fraction of sp³-hybridized carbons (Fsp3) is 0.280. The molecule has 0 aliphatic carbocycles. The smallest absolute Gasteiger partial charge is 0.244 e. The Bertz CT molecular complexity index is 1160. The Morgan fingerprint density at radius 3 is 2.48 bits per heavy atom. The number of hydrogen-bond acceptors (Lipinski definition) is 4. The van der Waals surface area contributed by atoms with E-state index >= 15 is 0 Å². The van der Waals surface area contributed by atoms with E-state index in [2.05, 4.69) is 58.2 Å². The van der Waals surface area contributed by atoms with Gasteiger partial charge in [0, 0.05) is 25.3 Å². The van der Waals surface area contributed by atoms with E-state index in [0.29, 0.717) is 18.7 Å². The third-order valence-corrected chi connectivity index (χ3v) is 7.23. The van der Waals surface area contributed by atoms with Gasteiger partial charge in [-0.2, -0.15) is 0 Å². The van der Waals surface area contributed by atoms with Gasteiger partial charge in [-0.1, -0.05) is 42.5 Å². The molecular weight excluding hydrogens is 408 g/mol. The van der Waals surface area contributed by atoms with Crippen molar-refractivity contribution >= 4 is 15.7 Å². The van der Waals surface area contributed by atoms with Crippen LogP contribution in [0.4, 0.5) is 5.69 Å². The second kappa shape index (κ2) is 9.12. The zero-order valence-electron chi connectivity index (χ0n) is 18.0. The SMILES string of the molecule is COc1ccc(C)cc1S(=O)(=O)NCCc1ccc(N2CCc3ccccc3C2)cc1. The minimum Gasteiger partial charge on any atom is -0.495 e. The van der Waals surface area contributed by atoms with Crippen LogP contribution in [0, 0.1) is 6.92 Å². The van der Waals surface area contributed by atoms with Crippen LogP contribution in [0.15, 0.2) is 71.6 Å². The van der Waals surface area contributed by atoms with E-state index in [4.69, 9.17) is 4.74 Å². The number of benzene rings is 3. The predicted molar refractivity (Wildman–Crippen MR) is 124 cm³/mol. The zero-order valence-corrected chi connectivity index (χ0v) is 18.8. The van der Waals surface area contributed by atoms with Gasteiger partial charge >= 0.3 is 0 Å². The predicted octanol–water partition coefficient (Wildman–Crippen LogP) is 4.09. The van der Waals surface area contributed by atoms with Crippen LogP contribution < -0.4 is 14.4 Å². The first-order valence-corrected chi connectivity index (χ1v) is 12.0. The Labute approximate surface area is 184 Å². The molecule has 0 atom stereocenters. The van der Waals surface area contributed by atoms with E-state index in [9.17, 15) is 8.42 Å². The number of sulfonamides is 1. The first-order valence-electron chi connectivity index (χ1n) is 10.5. The van der Waals surface area contributed by atoms with Crippen molar-refractivity contribution in [3.63, 3.8) is 0 Å². The maximum Gasteiger partial charge on any atom is 0.244 e. The first-order chi connectivity index (χ1) is 15.0. The summed E-state index contributed by atoms with van der Waals surface area (Å²) in [4.78, 5) is 2.56. The number of nitrogens with one attached hydrogen (secondary N) is 1. The molecule has 0 saturated carbocycles. The van der Waals surface area contributed by atoms with Gasteiger partial charge in [0.25, 0.3) is 0 Å². The quantitative estimate of drug-likeness (QED) is 0.606. The third kappa shape index (κ3) is 4.92. The molecule has 0 fully saturated rings. The van der Waals surface area contributed by atoms with E-state index in [0.717, 1.165) is 30.6 Å². The summed E-state index contributed by atoms with van der Waals surface area (Å²) in [7, 11) is -2.15. The fourth-order valence-corrected chi connectivity index (χ4v) is 5.27. The highest BCUT2D eigenvalue weighted by molar-refractivity contribution is 7.89. The molecule has 0 saturated heterocycles. The number of ether oxygens (including phenoxy) is 1. The fourth-order valence-electron chi connectivity index (χ4n) is 3.99. The highest BCUT2D eigenvalue weighted by atomic mass is 32.2. The highest BCUT2D eigenvalue weighted by Crippen LogP contribution is 2.26. The summed E-state index contributed by atoms with van der Waals surface area (Å²) >= 11 is 0. The molecule has 1 aliphatic heterocycles. The topological polar surface area (TPSA) is 58.6 Å². The third-order valence-electron chi connectivity index (χ3n) is 5.75. The second-order valence-electron chi connectivity index (χ2n) is 7.91. The van der Waals surface area contributed by atoms with Crippen LogP contribution in [0.3, 0.4) is 0 Å². The molecule has 31 heavy (non-hydrogen) atoms. The molecule has 3 aromatic rings. The van der Waals surface area contributed by atoms with E-state index in [-0.39, 0.29) is 4.90 Å². The van der Waals surface area contributed by atoms with Crippen molar-refractivity contribution in [1.82, 2.24) is 4.72 Å². The molecule has 0 unspecified atom stereocenters.